The Balaban J connectivity index is -0.000000355. The zero-order valence-electron chi connectivity index (χ0n) is 8.10. The molecule has 0 bridgehead atoms. The number of rotatable bonds is 2. The van der Waals surface area contributed by atoms with Gasteiger partial charge < -0.3 is 20.3 Å². The Labute approximate surface area is 106 Å². The van der Waals surface area contributed by atoms with E-state index in [-0.39, 0.29) is 10.4 Å². The molecule has 4 N–H and O–H groups in total. The van der Waals surface area contributed by atoms with E-state index in [4.69, 9.17) is 19.0 Å². The molecule has 98 valence electrons. The molecular formula is C7H9FMoNO7-. The van der Waals surface area contributed by atoms with E-state index >= 15 is 0 Å². The van der Waals surface area contributed by atoms with Crippen LogP contribution in [0.4, 0.5) is 4.70 Å². The molecule has 10 heteroatoms. The van der Waals surface area contributed by atoms with Crippen LogP contribution < -0.4 is 10.4 Å². The summed E-state index contributed by atoms with van der Waals surface area (Å²) in [5.74, 6) is -2.54. The van der Waals surface area contributed by atoms with Crippen LogP contribution in [0.15, 0.2) is 23.9 Å². The third kappa shape index (κ3) is 8.37. The van der Waals surface area contributed by atoms with E-state index in [1.54, 1.807) is 0 Å². The molecule has 0 aromatic carbocycles. The Hall–Kier alpha value is -1.44. The number of carbonyl (C=O) groups excluding carboxylic acids is 1. The van der Waals surface area contributed by atoms with Gasteiger partial charge in [-0.2, -0.15) is 0 Å². The second kappa shape index (κ2) is 12.6. The van der Waals surface area contributed by atoms with E-state index in [0.29, 0.717) is 19.8 Å². The monoisotopic (exact) mass is 336 g/mol. The summed E-state index contributed by atoms with van der Waals surface area (Å²) in [6.45, 7) is 0. The van der Waals surface area contributed by atoms with Gasteiger partial charge in [-0.1, -0.05) is 12.2 Å². The quantitative estimate of drug-likeness (QED) is 0.265. The molecule has 0 aromatic heterocycles. The number of dihydropyridines is 1. The molecule has 0 amide bonds. The summed E-state index contributed by atoms with van der Waals surface area (Å²) in [4.78, 5) is 20.6. The fourth-order valence-electron chi connectivity index (χ4n) is 0.798. The number of allylic oxidation sites excluding steroid dienone is 2. The second-order valence-electron chi connectivity index (χ2n) is 2.21. The summed E-state index contributed by atoms with van der Waals surface area (Å²) in [5, 5.41) is 33.0. The summed E-state index contributed by atoms with van der Waals surface area (Å²) >= 11 is 0.700. The van der Waals surface area contributed by atoms with Crippen LogP contribution in [-0.4, -0.2) is 33.6 Å². The third-order valence-corrected chi connectivity index (χ3v) is 1.36. The van der Waals surface area contributed by atoms with Gasteiger partial charge in [-0.05, 0) is 6.08 Å². The zero-order valence-corrected chi connectivity index (χ0v) is 10.1. The fourth-order valence-corrected chi connectivity index (χ4v) is 0.798. The number of nitrogens with one attached hydrogen (secondary N) is 1. The van der Waals surface area contributed by atoms with Gasteiger partial charge in [0.25, 0.3) is 0 Å². The van der Waals surface area contributed by atoms with Crippen molar-refractivity contribution in [2.45, 2.75) is 6.04 Å². The maximum absolute atomic E-state index is 10.4. The standard InChI is InChI=1S/C7H7NO4.FH.Mo.H2O2.O/c9-6(10)4-2-1-3-5(8-4)7(11)12;;;1-2;/h1-4,8H,(H,9,10)(H,11,12);1H;;1-2H;/p-1. The fraction of sp³-hybridized carbons (Fsp3) is 0.143. The van der Waals surface area contributed by atoms with Gasteiger partial charge in [0.15, 0.2) is 0 Å². The molecule has 1 heterocycles. The van der Waals surface area contributed by atoms with E-state index in [1.807, 2.05) is 0 Å². The number of aliphatic carboxylic acids is 2. The van der Waals surface area contributed by atoms with E-state index in [9.17, 15) is 14.7 Å². The van der Waals surface area contributed by atoms with E-state index in [0.717, 1.165) is 0 Å². The topological polar surface area (TPSA) is 147 Å². The van der Waals surface area contributed by atoms with Crippen LogP contribution in [0.25, 0.3) is 0 Å². The van der Waals surface area contributed by atoms with E-state index in [1.165, 1.54) is 18.2 Å². The average Bonchev–Trinajstić information content (AvgIpc) is 2.34. The summed E-state index contributed by atoms with van der Waals surface area (Å²) in [6.07, 6.45) is 3.95. The van der Waals surface area contributed by atoms with E-state index in [2.05, 4.69) is 5.32 Å². The first-order valence-corrected chi connectivity index (χ1v) is 4.39. The number of hydrogen-bond acceptors (Lipinski definition) is 7. The molecule has 1 aliphatic heterocycles. The molecular weight excluding hydrogens is 325 g/mol. The van der Waals surface area contributed by atoms with Crippen LogP contribution in [0.5, 0.6) is 0 Å². The van der Waals surface area contributed by atoms with E-state index < -0.39 is 18.0 Å². The van der Waals surface area contributed by atoms with Crippen LogP contribution in [0.1, 0.15) is 0 Å². The van der Waals surface area contributed by atoms with Gasteiger partial charge in [0.1, 0.15) is 6.04 Å². The number of carboxylic acids is 2. The molecule has 0 fully saturated rings. The van der Waals surface area contributed by atoms with Gasteiger partial charge in [0.05, 0.1) is 11.7 Å². The normalized spacial score (nSPS) is 15.4. The molecule has 17 heavy (non-hydrogen) atoms. The number of carbonyl (C=O) groups is 2. The van der Waals surface area contributed by atoms with Crippen molar-refractivity contribution in [1.82, 2.24) is 5.32 Å². The van der Waals surface area contributed by atoms with Gasteiger partial charge in [-0.15, -0.1) is 0 Å². The van der Waals surface area contributed by atoms with Crippen LogP contribution in [0.3, 0.4) is 0 Å². The Kier molecular flexibility index (Phi) is 15.5. The van der Waals surface area contributed by atoms with Gasteiger partial charge in [0, 0.05) is 0 Å². The van der Waals surface area contributed by atoms with Gasteiger partial charge in [-0.3, -0.25) is 15.2 Å². The second-order valence-corrected chi connectivity index (χ2v) is 2.21. The van der Waals surface area contributed by atoms with Crippen molar-refractivity contribution in [2.24, 2.45) is 0 Å². The summed E-state index contributed by atoms with van der Waals surface area (Å²) in [6, 6.07) is -0.983. The third-order valence-electron chi connectivity index (χ3n) is 1.36. The first-order chi connectivity index (χ1) is 7.61. The molecule has 1 rings (SSSR count). The molecule has 0 aromatic rings. The number of carboxylic acid groups (broad SMARTS) is 2. The number of halogens is 1. The van der Waals surface area contributed by atoms with Crippen molar-refractivity contribution >= 4 is 11.9 Å². The first kappa shape index (κ1) is 20.9. The zero-order chi connectivity index (χ0) is 13.1. The Morgan fingerprint density at radius 2 is 1.82 bits per heavy atom. The SMILES string of the molecule is F.O=C([O-])C1=CC=CC(C(=O)O)N1.OO.[O]=[Mo]. The Bertz CT molecular complexity index is 307. The van der Waals surface area contributed by atoms with Crippen LogP contribution >= 0.6 is 0 Å². The maximum atomic E-state index is 10.4. The van der Waals surface area contributed by atoms with Crippen molar-refractivity contribution in [2.75, 3.05) is 0 Å². The molecule has 1 aliphatic rings. The average molecular weight is 334 g/mol. The van der Waals surface area contributed by atoms with Crippen LogP contribution in [-0.2, 0) is 32.8 Å². The minimum atomic E-state index is -1.41. The molecule has 0 saturated carbocycles. The van der Waals surface area contributed by atoms with Crippen molar-refractivity contribution in [3.63, 3.8) is 0 Å². The van der Waals surface area contributed by atoms with Crippen molar-refractivity contribution < 1.29 is 58.2 Å². The molecule has 0 saturated heterocycles. The van der Waals surface area contributed by atoms with Crippen LogP contribution in [0, 0.1) is 0 Å². The predicted molar refractivity (Wildman–Crippen MR) is 45.2 cm³/mol. The van der Waals surface area contributed by atoms with Gasteiger partial charge >= 0.3 is 29.1 Å². The van der Waals surface area contributed by atoms with Crippen molar-refractivity contribution in [1.29, 1.82) is 0 Å². The molecule has 0 spiro atoms. The Morgan fingerprint density at radius 3 is 2.18 bits per heavy atom. The van der Waals surface area contributed by atoms with Crippen molar-refractivity contribution in [3.8, 4) is 0 Å². The first-order valence-electron chi connectivity index (χ1n) is 3.57. The summed E-state index contributed by atoms with van der Waals surface area (Å²) < 4.78 is 8.26. The molecule has 0 radical (unpaired) electrons. The summed E-state index contributed by atoms with van der Waals surface area (Å²) in [5.41, 5.74) is -0.218. The molecule has 1 unspecified atom stereocenters. The molecule has 0 aliphatic carbocycles. The Morgan fingerprint density at radius 1 is 1.35 bits per heavy atom. The molecule has 8 nitrogen and oxygen atoms in total. The van der Waals surface area contributed by atoms with Gasteiger partial charge in [0.2, 0.25) is 0 Å². The predicted octanol–water partition coefficient (Wildman–Crippen LogP) is -1.72. The van der Waals surface area contributed by atoms with Crippen molar-refractivity contribution in [3.05, 3.63) is 23.9 Å². The minimum absolute atomic E-state index is 0. The summed E-state index contributed by atoms with van der Waals surface area (Å²) in [7, 11) is 0. The number of hydrogen-bond donors (Lipinski definition) is 4. The van der Waals surface area contributed by atoms with Crippen LogP contribution in [0.2, 0.25) is 0 Å². The molecule has 1 atom stereocenters. The van der Waals surface area contributed by atoms with Gasteiger partial charge in [-0.25, -0.2) is 4.79 Å².